The number of rotatable bonds is 6. The fourth-order valence-corrected chi connectivity index (χ4v) is 4.23. The van der Waals surface area contributed by atoms with Crippen molar-refractivity contribution >= 4 is 5.91 Å². The molecule has 1 aliphatic rings. The lowest BCUT2D eigenvalue weighted by Crippen LogP contribution is -2.35. The Morgan fingerprint density at radius 1 is 1.13 bits per heavy atom. The van der Waals surface area contributed by atoms with E-state index in [1.165, 1.54) is 6.07 Å². The third-order valence-electron chi connectivity index (χ3n) is 5.83. The zero-order valence-electron chi connectivity index (χ0n) is 17.5. The molecule has 0 saturated carbocycles. The number of aromatic nitrogens is 2. The van der Waals surface area contributed by atoms with E-state index >= 15 is 0 Å². The molecule has 2 heterocycles. The van der Waals surface area contributed by atoms with E-state index in [1.807, 2.05) is 30.3 Å². The van der Waals surface area contributed by atoms with E-state index in [0.717, 1.165) is 43.1 Å². The van der Waals surface area contributed by atoms with Gasteiger partial charge in [0.25, 0.3) is 5.91 Å². The van der Waals surface area contributed by atoms with Crippen molar-refractivity contribution in [2.45, 2.75) is 38.4 Å². The molecule has 1 aromatic heterocycles. The number of H-pyrrole nitrogens is 1. The van der Waals surface area contributed by atoms with Gasteiger partial charge in [-0.1, -0.05) is 42.8 Å². The third-order valence-corrected chi connectivity index (χ3v) is 5.83. The van der Waals surface area contributed by atoms with E-state index in [0.29, 0.717) is 24.2 Å². The van der Waals surface area contributed by atoms with Crippen LogP contribution in [0.25, 0.3) is 0 Å². The van der Waals surface area contributed by atoms with E-state index < -0.39 is 11.6 Å². The smallest absolute Gasteiger partial charge is 0.257 e. The van der Waals surface area contributed by atoms with Gasteiger partial charge in [0, 0.05) is 20.1 Å². The average molecular weight is 424 g/mol. The predicted octanol–water partition coefficient (Wildman–Crippen LogP) is 4.69. The first-order valence-electron chi connectivity index (χ1n) is 10.5. The Balaban J connectivity index is 1.53. The SMILES string of the molecule is CN(Cc1ccccc1)C(=O)c1cn[nH]c1C1CCCCN1Cc1ccc(F)c(F)c1. The lowest BCUT2D eigenvalue weighted by molar-refractivity contribution is 0.0776. The molecule has 0 bridgehead atoms. The van der Waals surface area contributed by atoms with Crippen LogP contribution in [0.1, 0.15) is 52.5 Å². The van der Waals surface area contributed by atoms with Crippen molar-refractivity contribution in [2.75, 3.05) is 13.6 Å². The van der Waals surface area contributed by atoms with Crippen LogP contribution in [0.5, 0.6) is 0 Å². The Hall–Kier alpha value is -3.06. The number of piperidine rings is 1. The van der Waals surface area contributed by atoms with Crippen molar-refractivity contribution in [1.29, 1.82) is 0 Å². The van der Waals surface area contributed by atoms with E-state index in [9.17, 15) is 13.6 Å². The molecular weight excluding hydrogens is 398 g/mol. The number of hydrogen-bond acceptors (Lipinski definition) is 3. The van der Waals surface area contributed by atoms with Crippen molar-refractivity contribution in [3.05, 3.63) is 88.7 Å². The summed E-state index contributed by atoms with van der Waals surface area (Å²) in [5.74, 6) is -1.78. The molecule has 0 aliphatic carbocycles. The molecule has 0 spiro atoms. The van der Waals surface area contributed by atoms with Crippen LogP contribution >= 0.6 is 0 Å². The summed E-state index contributed by atoms with van der Waals surface area (Å²) in [5, 5.41) is 7.20. The monoisotopic (exact) mass is 424 g/mol. The normalized spacial score (nSPS) is 16.9. The first-order valence-corrected chi connectivity index (χ1v) is 10.5. The molecule has 1 fully saturated rings. The molecule has 3 aromatic rings. The quantitative estimate of drug-likeness (QED) is 0.625. The Morgan fingerprint density at radius 3 is 2.71 bits per heavy atom. The largest absolute Gasteiger partial charge is 0.337 e. The van der Waals surface area contributed by atoms with Gasteiger partial charge in [0.1, 0.15) is 0 Å². The van der Waals surface area contributed by atoms with E-state index in [2.05, 4.69) is 15.1 Å². The highest BCUT2D eigenvalue weighted by Gasteiger charge is 2.30. The standard InChI is InChI=1S/C24H26F2N4O/c1-29(15-17-7-3-2-4-8-17)24(31)19-14-27-28-23(19)22-9-5-6-12-30(22)16-18-10-11-20(25)21(26)13-18/h2-4,7-8,10-11,13-14,22H,5-6,9,12,15-16H2,1H3,(H,27,28). The lowest BCUT2D eigenvalue weighted by Gasteiger charge is -2.35. The summed E-state index contributed by atoms with van der Waals surface area (Å²) in [6.07, 6.45) is 4.51. The minimum atomic E-state index is -0.846. The van der Waals surface area contributed by atoms with Crippen LogP contribution < -0.4 is 0 Å². The molecule has 1 saturated heterocycles. The molecule has 2 aromatic carbocycles. The van der Waals surface area contributed by atoms with Crippen LogP contribution in [0.15, 0.2) is 54.7 Å². The van der Waals surface area contributed by atoms with E-state index in [1.54, 1.807) is 24.2 Å². The Labute approximate surface area is 180 Å². The third kappa shape index (κ3) is 4.82. The number of aromatic amines is 1. The summed E-state index contributed by atoms with van der Waals surface area (Å²) in [7, 11) is 1.78. The van der Waals surface area contributed by atoms with Crippen molar-refractivity contribution < 1.29 is 13.6 Å². The van der Waals surface area contributed by atoms with Gasteiger partial charge in [-0.25, -0.2) is 8.78 Å². The van der Waals surface area contributed by atoms with Crippen LogP contribution in [-0.4, -0.2) is 39.5 Å². The number of halogens is 2. The van der Waals surface area contributed by atoms with Crippen LogP contribution in [0, 0.1) is 11.6 Å². The molecule has 5 nitrogen and oxygen atoms in total. The maximum atomic E-state index is 13.7. The van der Waals surface area contributed by atoms with Crippen LogP contribution in [0.4, 0.5) is 8.78 Å². The van der Waals surface area contributed by atoms with E-state index in [4.69, 9.17) is 0 Å². The molecule has 1 atom stereocenters. The van der Waals surface area contributed by atoms with Gasteiger partial charge in [0.2, 0.25) is 0 Å². The molecule has 0 radical (unpaired) electrons. The molecule has 31 heavy (non-hydrogen) atoms. The molecule has 4 rings (SSSR count). The molecule has 1 amide bonds. The number of likely N-dealkylation sites (tertiary alicyclic amines) is 1. The molecule has 7 heteroatoms. The van der Waals surface area contributed by atoms with Gasteiger partial charge >= 0.3 is 0 Å². The van der Waals surface area contributed by atoms with Crippen LogP contribution in [0.2, 0.25) is 0 Å². The summed E-state index contributed by atoms with van der Waals surface area (Å²) >= 11 is 0. The molecule has 162 valence electrons. The highest BCUT2D eigenvalue weighted by Crippen LogP contribution is 2.33. The molecule has 1 aliphatic heterocycles. The Kier molecular flexibility index (Phi) is 6.42. The second-order valence-electron chi connectivity index (χ2n) is 8.07. The fraction of sp³-hybridized carbons (Fsp3) is 0.333. The number of hydrogen-bond donors (Lipinski definition) is 1. The topological polar surface area (TPSA) is 52.2 Å². The highest BCUT2D eigenvalue weighted by molar-refractivity contribution is 5.95. The van der Waals surface area contributed by atoms with Gasteiger partial charge < -0.3 is 4.90 Å². The number of amides is 1. The predicted molar refractivity (Wildman–Crippen MR) is 114 cm³/mol. The van der Waals surface area contributed by atoms with Gasteiger partial charge in [0.15, 0.2) is 11.6 Å². The second kappa shape index (κ2) is 9.39. The first kappa shape index (κ1) is 21.2. The second-order valence-corrected chi connectivity index (χ2v) is 8.07. The average Bonchev–Trinajstić information content (AvgIpc) is 3.26. The summed E-state index contributed by atoms with van der Waals surface area (Å²) < 4.78 is 27.0. The summed E-state index contributed by atoms with van der Waals surface area (Å²) in [5.41, 5.74) is 3.10. The lowest BCUT2D eigenvalue weighted by atomic mass is 9.96. The Bertz CT molecular complexity index is 1040. The fourth-order valence-electron chi connectivity index (χ4n) is 4.23. The van der Waals surface area contributed by atoms with E-state index in [-0.39, 0.29) is 11.9 Å². The maximum absolute atomic E-state index is 13.7. The minimum absolute atomic E-state index is 0.0339. The summed E-state index contributed by atoms with van der Waals surface area (Å²) in [6.45, 7) is 1.80. The van der Waals surface area contributed by atoms with Gasteiger partial charge in [-0.2, -0.15) is 5.10 Å². The summed E-state index contributed by atoms with van der Waals surface area (Å²) in [4.78, 5) is 17.1. The van der Waals surface area contributed by atoms with Crippen molar-refractivity contribution in [2.24, 2.45) is 0 Å². The summed E-state index contributed by atoms with van der Waals surface area (Å²) in [6, 6.07) is 13.8. The minimum Gasteiger partial charge on any atom is -0.337 e. The first-order chi connectivity index (χ1) is 15.0. The highest BCUT2D eigenvalue weighted by atomic mass is 19.2. The van der Waals surface area contributed by atoms with Crippen molar-refractivity contribution in [3.63, 3.8) is 0 Å². The zero-order chi connectivity index (χ0) is 21.8. The molecular formula is C24H26F2N4O. The van der Waals surface area contributed by atoms with Gasteiger partial charge in [-0.05, 0) is 42.6 Å². The number of nitrogens with zero attached hydrogens (tertiary/aromatic N) is 3. The van der Waals surface area contributed by atoms with Gasteiger partial charge in [-0.3, -0.25) is 14.8 Å². The molecule has 1 unspecified atom stereocenters. The number of carbonyl (C=O) groups is 1. The number of nitrogens with one attached hydrogen (secondary N) is 1. The van der Waals surface area contributed by atoms with Crippen LogP contribution in [0.3, 0.4) is 0 Å². The van der Waals surface area contributed by atoms with Gasteiger partial charge in [0.05, 0.1) is 23.5 Å². The molecule has 1 N–H and O–H groups in total. The van der Waals surface area contributed by atoms with Crippen molar-refractivity contribution in [3.8, 4) is 0 Å². The van der Waals surface area contributed by atoms with Crippen LogP contribution in [-0.2, 0) is 13.1 Å². The zero-order valence-corrected chi connectivity index (χ0v) is 17.5. The van der Waals surface area contributed by atoms with Crippen molar-refractivity contribution in [1.82, 2.24) is 20.0 Å². The maximum Gasteiger partial charge on any atom is 0.257 e. The number of carbonyl (C=O) groups excluding carboxylic acids is 1. The number of benzene rings is 2. The van der Waals surface area contributed by atoms with Gasteiger partial charge in [-0.15, -0.1) is 0 Å². The Morgan fingerprint density at radius 2 is 1.94 bits per heavy atom.